The highest BCUT2D eigenvalue weighted by Gasteiger charge is 2.17. The fourth-order valence-electron chi connectivity index (χ4n) is 2.98. The number of methoxy groups -OCH3 is 1. The lowest BCUT2D eigenvalue weighted by Gasteiger charge is -2.31. The van der Waals surface area contributed by atoms with Gasteiger partial charge in [-0.1, -0.05) is 30.3 Å². The number of hydrogen-bond donors (Lipinski definition) is 0. The Morgan fingerprint density at radius 1 is 1.00 bits per heavy atom. The quantitative estimate of drug-likeness (QED) is 0.709. The second kappa shape index (κ2) is 7.76. The van der Waals surface area contributed by atoms with E-state index in [0.717, 1.165) is 48.2 Å². The molecule has 4 rings (SSSR count). The number of ether oxygens (including phenoxy) is 2. The van der Waals surface area contributed by atoms with Crippen molar-refractivity contribution >= 4 is 17.0 Å². The van der Waals surface area contributed by atoms with E-state index in [1.807, 2.05) is 30.3 Å². The minimum atomic E-state index is 0.735. The van der Waals surface area contributed by atoms with Gasteiger partial charge in [0.2, 0.25) is 4.80 Å². The molecule has 26 heavy (non-hydrogen) atoms. The van der Waals surface area contributed by atoms with Gasteiger partial charge in [-0.2, -0.15) is 0 Å². The van der Waals surface area contributed by atoms with Gasteiger partial charge in [-0.15, -0.1) is 11.3 Å². The number of nitrogens with zero attached hydrogens (tertiary/aromatic N) is 3. The van der Waals surface area contributed by atoms with Crippen molar-refractivity contribution in [2.24, 2.45) is 4.99 Å². The first kappa shape index (κ1) is 16.9. The smallest absolute Gasteiger partial charge is 0.209 e. The normalized spacial score (nSPS) is 15.3. The maximum Gasteiger partial charge on any atom is 0.209 e. The molecule has 2 aromatic carbocycles. The maximum absolute atomic E-state index is 5.53. The third kappa shape index (κ3) is 3.52. The summed E-state index contributed by atoms with van der Waals surface area (Å²) in [5.41, 5.74) is 3.26. The molecule has 0 saturated carbocycles. The van der Waals surface area contributed by atoms with Crippen LogP contribution in [0.2, 0.25) is 0 Å². The molecule has 0 bridgehead atoms. The Morgan fingerprint density at radius 2 is 1.73 bits per heavy atom. The van der Waals surface area contributed by atoms with Crippen LogP contribution >= 0.6 is 11.3 Å². The van der Waals surface area contributed by atoms with Crippen molar-refractivity contribution in [2.75, 3.05) is 38.4 Å². The van der Waals surface area contributed by atoms with Crippen LogP contribution < -0.4 is 14.5 Å². The zero-order valence-electron chi connectivity index (χ0n) is 14.7. The first-order valence-electron chi connectivity index (χ1n) is 8.63. The van der Waals surface area contributed by atoms with Crippen molar-refractivity contribution < 1.29 is 9.47 Å². The lowest BCUT2D eigenvalue weighted by atomic mass is 10.2. The lowest BCUT2D eigenvalue weighted by molar-refractivity contribution is 0.111. The van der Waals surface area contributed by atoms with Crippen LogP contribution in [0.3, 0.4) is 0 Å². The lowest BCUT2D eigenvalue weighted by Crippen LogP contribution is -2.48. The predicted molar refractivity (Wildman–Crippen MR) is 105 cm³/mol. The van der Waals surface area contributed by atoms with E-state index in [4.69, 9.17) is 14.5 Å². The standard InChI is InChI=1S/C20H21N3O2S/c1-24-18-9-7-17(8-10-18)21-20-23(22-11-13-25-14-12-22)19(15-26-20)16-5-3-2-4-6-16/h2-10,15H,11-14H2,1H3. The molecule has 0 aliphatic carbocycles. The third-order valence-electron chi connectivity index (χ3n) is 4.32. The highest BCUT2D eigenvalue weighted by Crippen LogP contribution is 2.22. The molecule has 0 spiro atoms. The van der Waals surface area contributed by atoms with Gasteiger partial charge in [0.15, 0.2) is 0 Å². The molecular formula is C20H21N3O2S. The van der Waals surface area contributed by atoms with Crippen molar-refractivity contribution in [3.05, 3.63) is 64.8 Å². The molecule has 1 aliphatic rings. The molecule has 0 N–H and O–H groups in total. The Morgan fingerprint density at radius 3 is 2.42 bits per heavy atom. The summed E-state index contributed by atoms with van der Waals surface area (Å²) in [6.45, 7) is 3.18. The number of thiazole rings is 1. The van der Waals surface area contributed by atoms with E-state index in [1.165, 1.54) is 5.56 Å². The molecule has 1 fully saturated rings. The number of aromatic nitrogens is 1. The molecule has 0 atom stereocenters. The number of benzene rings is 2. The van der Waals surface area contributed by atoms with E-state index in [9.17, 15) is 0 Å². The van der Waals surface area contributed by atoms with Crippen molar-refractivity contribution in [1.29, 1.82) is 0 Å². The molecule has 1 aliphatic heterocycles. The Balaban J connectivity index is 1.80. The molecule has 1 saturated heterocycles. The van der Waals surface area contributed by atoms with Gasteiger partial charge in [-0.3, -0.25) is 0 Å². The van der Waals surface area contributed by atoms with Gasteiger partial charge in [0.1, 0.15) is 5.75 Å². The first-order chi connectivity index (χ1) is 12.8. The van der Waals surface area contributed by atoms with E-state index in [0.29, 0.717) is 0 Å². The van der Waals surface area contributed by atoms with Crippen molar-refractivity contribution in [1.82, 2.24) is 4.68 Å². The topological polar surface area (TPSA) is 39.0 Å². The summed E-state index contributed by atoms with van der Waals surface area (Å²) in [6.07, 6.45) is 0. The molecule has 134 valence electrons. The highest BCUT2D eigenvalue weighted by atomic mass is 32.1. The second-order valence-corrected chi connectivity index (χ2v) is 6.79. The minimum absolute atomic E-state index is 0.735. The van der Waals surface area contributed by atoms with Crippen molar-refractivity contribution in [2.45, 2.75) is 0 Å². The molecule has 5 nitrogen and oxygen atoms in total. The maximum atomic E-state index is 5.53. The van der Waals surface area contributed by atoms with Crippen LogP contribution in [0.25, 0.3) is 11.3 Å². The Bertz CT molecular complexity index is 910. The van der Waals surface area contributed by atoms with Crippen LogP contribution in [0, 0.1) is 0 Å². The fraction of sp³-hybridized carbons (Fsp3) is 0.250. The summed E-state index contributed by atoms with van der Waals surface area (Å²) in [4.78, 5) is 5.84. The molecule has 6 heteroatoms. The molecule has 0 amide bonds. The van der Waals surface area contributed by atoms with Crippen LogP contribution in [-0.2, 0) is 4.74 Å². The molecule has 0 unspecified atom stereocenters. The van der Waals surface area contributed by atoms with Crippen LogP contribution in [-0.4, -0.2) is 38.1 Å². The van der Waals surface area contributed by atoms with E-state index in [2.05, 4.69) is 39.3 Å². The van der Waals surface area contributed by atoms with Crippen LogP contribution in [0.5, 0.6) is 5.75 Å². The Hall–Kier alpha value is -2.57. The van der Waals surface area contributed by atoms with E-state index >= 15 is 0 Å². The SMILES string of the molecule is COc1ccc(N=c2scc(-c3ccccc3)n2N2CCOCC2)cc1. The average Bonchev–Trinajstić information content (AvgIpc) is 3.13. The average molecular weight is 367 g/mol. The highest BCUT2D eigenvalue weighted by molar-refractivity contribution is 7.07. The van der Waals surface area contributed by atoms with Gasteiger partial charge in [0.05, 0.1) is 44.8 Å². The third-order valence-corrected chi connectivity index (χ3v) is 5.14. The van der Waals surface area contributed by atoms with Gasteiger partial charge in [-0.25, -0.2) is 9.67 Å². The van der Waals surface area contributed by atoms with Crippen LogP contribution in [0.15, 0.2) is 65.0 Å². The van der Waals surface area contributed by atoms with Crippen molar-refractivity contribution in [3.63, 3.8) is 0 Å². The summed E-state index contributed by atoms with van der Waals surface area (Å²) >= 11 is 1.65. The van der Waals surface area contributed by atoms with E-state index in [1.54, 1.807) is 18.4 Å². The zero-order chi connectivity index (χ0) is 17.8. The van der Waals surface area contributed by atoms with Gasteiger partial charge in [0.25, 0.3) is 0 Å². The largest absolute Gasteiger partial charge is 0.497 e. The van der Waals surface area contributed by atoms with Crippen LogP contribution in [0.4, 0.5) is 5.69 Å². The monoisotopic (exact) mass is 367 g/mol. The Kier molecular flexibility index (Phi) is 5.04. The molecule has 1 aromatic heterocycles. The van der Waals surface area contributed by atoms with Gasteiger partial charge in [0, 0.05) is 10.9 Å². The predicted octanol–water partition coefficient (Wildman–Crippen LogP) is 3.43. The van der Waals surface area contributed by atoms with Gasteiger partial charge >= 0.3 is 0 Å². The number of hydrogen-bond acceptors (Lipinski definition) is 5. The summed E-state index contributed by atoms with van der Waals surface area (Å²) < 4.78 is 13.0. The number of rotatable bonds is 4. The zero-order valence-corrected chi connectivity index (χ0v) is 15.5. The van der Waals surface area contributed by atoms with Crippen LogP contribution in [0.1, 0.15) is 0 Å². The van der Waals surface area contributed by atoms with E-state index in [-0.39, 0.29) is 0 Å². The first-order valence-corrected chi connectivity index (χ1v) is 9.51. The second-order valence-electron chi connectivity index (χ2n) is 5.96. The summed E-state index contributed by atoms with van der Waals surface area (Å²) in [5.74, 6) is 0.834. The summed E-state index contributed by atoms with van der Waals surface area (Å²) in [6, 6.07) is 18.3. The summed E-state index contributed by atoms with van der Waals surface area (Å²) in [7, 11) is 1.67. The fourth-order valence-corrected chi connectivity index (χ4v) is 3.90. The molecule has 0 radical (unpaired) electrons. The summed E-state index contributed by atoms with van der Waals surface area (Å²) in [5, 5.41) is 4.48. The number of morpholine rings is 1. The molecule has 3 aromatic rings. The molecular weight excluding hydrogens is 346 g/mol. The van der Waals surface area contributed by atoms with Gasteiger partial charge in [-0.05, 0) is 24.3 Å². The minimum Gasteiger partial charge on any atom is -0.497 e. The Labute approximate surface area is 156 Å². The van der Waals surface area contributed by atoms with Gasteiger partial charge < -0.3 is 14.5 Å². The molecule has 2 heterocycles. The van der Waals surface area contributed by atoms with E-state index < -0.39 is 0 Å². The van der Waals surface area contributed by atoms with Crippen molar-refractivity contribution in [3.8, 4) is 17.0 Å².